The molecule has 2 N–H and O–H groups in total. The predicted octanol–water partition coefficient (Wildman–Crippen LogP) is 2.86. The van der Waals surface area contributed by atoms with Crippen molar-refractivity contribution in [3.05, 3.63) is 60.1 Å². The summed E-state index contributed by atoms with van der Waals surface area (Å²) in [5.41, 5.74) is 1.19. The number of nitrogens with zero attached hydrogens (tertiary/aromatic N) is 1. The Morgan fingerprint density at radius 3 is 2.67 bits per heavy atom. The Bertz CT molecular complexity index is 629. The van der Waals surface area contributed by atoms with E-state index >= 15 is 0 Å². The summed E-state index contributed by atoms with van der Waals surface area (Å²) >= 11 is 0. The fourth-order valence-corrected chi connectivity index (χ4v) is 2.46. The summed E-state index contributed by atoms with van der Waals surface area (Å²) in [6.45, 7) is 6.25. The minimum atomic E-state index is 0.333. The third-order valence-electron chi connectivity index (χ3n) is 3.92. The van der Waals surface area contributed by atoms with Crippen LogP contribution in [0.1, 0.15) is 18.2 Å². The Labute approximate surface area is 162 Å². The molecule has 2 rings (SSSR count). The van der Waals surface area contributed by atoms with Crippen molar-refractivity contribution in [3.8, 4) is 0 Å². The molecule has 1 aromatic heterocycles. The third-order valence-corrected chi connectivity index (χ3v) is 3.92. The molecule has 1 atom stereocenters. The Morgan fingerprint density at radius 2 is 1.93 bits per heavy atom. The van der Waals surface area contributed by atoms with Gasteiger partial charge in [-0.15, -0.1) is 0 Å². The van der Waals surface area contributed by atoms with Crippen LogP contribution in [0.4, 0.5) is 0 Å². The van der Waals surface area contributed by atoms with Crippen LogP contribution in [-0.4, -0.2) is 45.9 Å². The summed E-state index contributed by atoms with van der Waals surface area (Å²) in [6.07, 6.45) is 2.51. The third kappa shape index (κ3) is 9.26. The number of guanidine groups is 1. The zero-order chi connectivity index (χ0) is 19.2. The summed E-state index contributed by atoms with van der Waals surface area (Å²) in [5.74, 6) is 2.08. The van der Waals surface area contributed by atoms with Crippen molar-refractivity contribution < 1.29 is 13.9 Å². The fraction of sp³-hybridized carbons (Fsp3) is 0.476. The van der Waals surface area contributed by atoms with Gasteiger partial charge in [-0.3, -0.25) is 4.99 Å². The molecule has 0 saturated heterocycles. The molecule has 2 aromatic rings. The highest BCUT2D eigenvalue weighted by Gasteiger charge is 2.05. The lowest BCUT2D eigenvalue weighted by molar-refractivity contribution is 0.0945. The SMILES string of the molecule is COCCNC(=NCC(C)COCc1ccccc1)NCCc1ccco1. The van der Waals surface area contributed by atoms with E-state index in [4.69, 9.17) is 13.9 Å². The van der Waals surface area contributed by atoms with Gasteiger partial charge in [0.05, 0.1) is 26.1 Å². The summed E-state index contributed by atoms with van der Waals surface area (Å²) in [4.78, 5) is 4.67. The second-order valence-electron chi connectivity index (χ2n) is 6.47. The van der Waals surface area contributed by atoms with E-state index in [2.05, 4.69) is 34.7 Å². The van der Waals surface area contributed by atoms with Crippen molar-refractivity contribution in [1.82, 2.24) is 10.6 Å². The zero-order valence-corrected chi connectivity index (χ0v) is 16.3. The molecule has 0 fully saturated rings. The van der Waals surface area contributed by atoms with E-state index in [1.807, 2.05) is 30.3 Å². The van der Waals surface area contributed by atoms with Crippen LogP contribution in [0.5, 0.6) is 0 Å². The zero-order valence-electron chi connectivity index (χ0n) is 16.3. The van der Waals surface area contributed by atoms with Crippen LogP contribution in [0.2, 0.25) is 0 Å². The average molecular weight is 373 g/mol. The van der Waals surface area contributed by atoms with Gasteiger partial charge in [0, 0.05) is 33.2 Å². The maximum Gasteiger partial charge on any atom is 0.191 e. The van der Waals surface area contributed by atoms with Crippen LogP contribution in [-0.2, 0) is 22.5 Å². The molecule has 1 heterocycles. The van der Waals surface area contributed by atoms with Crippen LogP contribution in [0.25, 0.3) is 0 Å². The van der Waals surface area contributed by atoms with E-state index in [1.165, 1.54) is 5.56 Å². The van der Waals surface area contributed by atoms with Gasteiger partial charge in [-0.25, -0.2) is 0 Å². The maximum atomic E-state index is 5.80. The number of benzene rings is 1. The number of nitrogens with one attached hydrogen (secondary N) is 2. The molecule has 0 amide bonds. The molecule has 148 valence electrons. The highest BCUT2D eigenvalue weighted by molar-refractivity contribution is 5.79. The van der Waals surface area contributed by atoms with E-state index in [9.17, 15) is 0 Å². The maximum absolute atomic E-state index is 5.80. The Kier molecular flexibility index (Phi) is 10.1. The molecule has 0 bridgehead atoms. The average Bonchev–Trinajstić information content (AvgIpc) is 3.20. The minimum absolute atomic E-state index is 0.333. The van der Waals surface area contributed by atoms with Crippen molar-refractivity contribution in [2.24, 2.45) is 10.9 Å². The molecule has 1 unspecified atom stereocenters. The Balaban J connectivity index is 1.71. The number of furan rings is 1. The van der Waals surface area contributed by atoms with Gasteiger partial charge in [-0.2, -0.15) is 0 Å². The molecule has 0 aliphatic heterocycles. The molecule has 6 heteroatoms. The minimum Gasteiger partial charge on any atom is -0.469 e. The predicted molar refractivity (Wildman–Crippen MR) is 108 cm³/mol. The van der Waals surface area contributed by atoms with Crippen molar-refractivity contribution >= 4 is 5.96 Å². The summed E-state index contributed by atoms with van der Waals surface area (Å²) in [7, 11) is 1.69. The molecule has 0 saturated carbocycles. The lowest BCUT2D eigenvalue weighted by Crippen LogP contribution is -2.40. The van der Waals surface area contributed by atoms with Crippen LogP contribution >= 0.6 is 0 Å². The van der Waals surface area contributed by atoms with E-state index in [0.717, 1.165) is 24.7 Å². The highest BCUT2D eigenvalue weighted by atomic mass is 16.5. The first kappa shape index (κ1) is 21.0. The quantitative estimate of drug-likeness (QED) is 0.340. The highest BCUT2D eigenvalue weighted by Crippen LogP contribution is 2.04. The van der Waals surface area contributed by atoms with Crippen LogP contribution < -0.4 is 10.6 Å². The van der Waals surface area contributed by atoms with Crippen LogP contribution in [0, 0.1) is 5.92 Å². The molecule has 0 spiro atoms. The molecule has 27 heavy (non-hydrogen) atoms. The molecular weight excluding hydrogens is 342 g/mol. The molecule has 0 aliphatic carbocycles. The van der Waals surface area contributed by atoms with Gasteiger partial charge in [-0.05, 0) is 23.6 Å². The lowest BCUT2D eigenvalue weighted by atomic mass is 10.2. The van der Waals surface area contributed by atoms with Crippen molar-refractivity contribution in [2.75, 3.05) is 40.0 Å². The monoisotopic (exact) mass is 373 g/mol. The van der Waals surface area contributed by atoms with Gasteiger partial charge in [0.2, 0.25) is 0 Å². The summed E-state index contributed by atoms with van der Waals surface area (Å²) < 4.78 is 16.3. The number of aliphatic imine (C=N–C) groups is 1. The second kappa shape index (κ2) is 12.9. The van der Waals surface area contributed by atoms with E-state index in [0.29, 0.717) is 38.8 Å². The summed E-state index contributed by atoms with van der Waals surface area (Å²) in [6, 6.07) is 14.1. The number of hydrogen-bond donors (Lipinski definition) is 2. The van der Waals surface area contributed by atoms with E-state index in [1.54, 1.807) is 13.4 Å². The van der Waals surface area contributed by atoms with Crippen molar-refractivity contribution in [1.29, 1.82) is 0 Å². The smallest absolute Gasteiger partial charge is 0.191 e. The summed E-state index contributed by atoms with van der Waals surface area (Å²) in [5, 5.41) is 6.62. The Morgan fingerprint density at radius 1 is 1.11 bits per heavy atom. The van der Waals surface area contributed by atoms with Crippen molar-refractivity contribution in [3.63, 3.8) is 0 Å². The lowest BCUT2D eigenvalue weighted by Gasteiger charge is -2.14. The van der Waals surface area contributed by atoms with Gasteiger partial charge in [0.25, 0.3) is 0 Å². The largest absolute Gasteiger partial charge is 0.469 e. The Hall–Kier alpha value is -2.31. The topological polar surface area (TPSA) is 68.0 Å². The normalized spacial score (nSPS) is 12.7. The van der Waals surface area contributed by atoms with Gasteiger partial charge >= 0.3 is 0 Å². The first-order valence-electron chi connectivity index (χ1n) is 9.43. The molecular formula is C21H31N3O3. The van der Waals surface area contributed by atoms with Gasteiger partial charge in [0.1, 0.15) is 5.76 Å². The van der Waals surface area contributed by atoms with Crippen molar-refractivity contribution in [2.45, 2.75) is 20.0 Å². The number of hydrogen-bond acceptors (Lipinski definition) is 4. The number of rotatable bonds is 12. The number of ether oxygens (including phenoxy) is 2. The molecule has 1 aromatic carbocycles. The van der Waals surface area contributed by atoms with E-state index in [-0.39, 0.29) is 0 Å². The van der Waals surface area contributed by atoms with Gasteiger partial charge < -0.3 is 24.5 Å². The standard InChI is InChI=1S/C21H31N3O3/c1-18(16-26-17-19-7-4-3-5-8-19)15-24-21(23-12-14-25-2)22-11-10-20-9-6-13-27-20/h3-9,13,18H,10-12,14-17H2,1-2H3,(H2,22,23,24). The fourth-order valence-electron chi connectivity index (χ4n) is 2.46. The second-order valence-corrected chi connectivity index (χ2v) is 6.47. The first-order chi connectivity index (χ1) is 13.3. The van der Waals surface area contributed by atoms with Crippen LogP contribution in [0.3, 0.4) is 0 Å². The van der Waals surface area contributed by atoms with Gasteiger partial charge in [-0.1, -0.05) is 37.3 Å². The van der Waals surface area contributed by atoms with Crippen LogP contribution in [0.15, 0.2) is 58.1 Å². The van der Waals surface area contributed by atoms with E-state index < -0.39 is 0 Å². The van der Waals surface area contributed by atoms with Gasteiger partial charge in [0.15, 0.2) is 5.96 Å². The molecule has 6 nitrogen and oxygen atoms in total. The molecule has 0 radical (unpaired) electrons. The molecule has 0 aliphatic rings. The number of methoxy groups -OCH3 is 1. The first-order valence-corrected chi connectivity index (χ1v) is 9.43.